The molecule has 1 fully saturated rings. The van der Waals surface area contributed by atoms with Gasteiger partial charge in [-0.05, 0) is 29.8 Å². The lowest BCUT2D eigenvalue weighted by molar-refractivity contribution is -0.137. The van der Waals surface area contributed by atoms with Crippen molar-refractivity contribution in [3.63, 3.8) is 0 Å². The first-order valence-corrected chi connectivity index (χ1v) is 10.5. The minimum absolute atomic E-state index is 0.111. The zero-order valence-electron chi connectivity index (χ0n) is 16.4. The second-order valence-electron chi connectivity index (χ2n) is 6.95. The van der Waals surface area contributed by atoms with E-state index in [1.807, 2.05) is 12.1 Å². The molecule has 0 radical (unpaired) electrons. The molecule has 9 heteroatoms. The molecule has 1 saturated heterocycles. The Morgan fingerprint density at radius 2 is 1.87 bits per heavy atom. The van der Waals surface area contributed by atoms with Gasteiger partial charge in [0.1, 0.15) is 23.1 Å². The highest BCUT2D eigenvalue weighted by Gasteiger charge is 2.29. The summed E-state index contributed by atoms with van der Waals surface area (Å²) in [5.74, 6) is 0.453. The number of benzene rings is 2. The Morgan fingerprint density at radius 1 is 1.13 bits per heavy atom. The van der Waals surface area contributed by atoms with Crippen LogP contribution in [0.5, 0.6) is 5.75 Å². The summed E-state index contributed by atoms with van der Waals surface area (Å²) < 4.78 is 49.0. The fourth-order valence-electron chi connectivity index (χ4n) is 3.11. The smallest absolute Gasteiger partial charge is 0.416 e. The van der Waals surface area contributed by atoms with Gasteiger partial charge in [-0.1, -0.05) is 24.3 Å². The maximum atomic E-state index is 12.7. The molecule has 0 atom stereocenters. The summed E-state index contributed by atoms with van der Waals surface area (Å²) >= 11 is 1.37. The molecular formula is C22H19F3N2O3S. The highest BCUT2D eigenvalue weighted by Crippen LogP contribution is 2.30. The quantitative estimate of drug-likeness (QED) is 0.558. The predicted molar refractivity (Wildman–Crippen MR) is 110 cm³/mol. The Balaban J connectivity index is 1.41. The Labute approximate surface area is 181 Å². The summed E-state index contributed by atoms with van der Waals surface area (Å²) in [7, 11) is 0. The van der Waals surface area contributed by atoms with Crippen molar-refractivity contribution in [3.8, 4) is 16.3 Å². The van der Waals surface area contributed by atoms with Crippen molar-refractivity contribution < 1.29 is 27.4 Å². The number of alkyl halides is 3. The third kappa shape index (κ3) is 5.23. The molecule has 5 nitrogen and oxygen atoms in total. The van der Waals surface area contributed by atoms with Crippen LogP contribution in [-0.2, 0) is 17.5 Å². The average Bonchev–Trinajstić information content (AvgIpc) is 3.28. The van der Waals surface area contributed by atoms with E-state index < -0.39 is 11.7 Å². The maximum absolute atomic E-state index is 12.7. The summed E-state index contributed by atoms with van der Waals surface area (Å²) in [5, 5.41) is 2.43. The number of rotatable bonds is 5. The largest absolute Gasteiger partial charge is 0.489 e. The van der Waals surface area contributed by atoms with E-state index in [1.165, 1.54) is 23.5 Å². The number of carbonyl (C=O) groups excluding carboxylic acids is 1. The first-order valence-electron chi connectivity index (χ1n) is 9.62. The van der Waals surface area contributed by atoms with E-state index in [2.05, 4.69) is 4.98 Å². The van der Waals surface area contributed by atoms with Crippen LogP contribution >= 0.6 is 11.3 Å². The molecule has 0 unspecified atom stereocenters. The standard InChI is InChI=1S/C22H19F3N2O3S/c23-22(24,25)17-6-4-15(5-7-17)13-30-18-3-1-2-16(12-18)20-26-19(14-31-20)21(28)27-8-10-29-11-9-27/h1-7,12,14H,8-11,13H2. The summed E-state index contributed by atoms with van der Waals surface area (Å²) in [4.78, 5) is 18.8. The Bertz CT molecular complexity index is 1040. The minimum atomic E-state index is -4.36. The molecule has 2 heterocycles. The number of thiazole rings is 1. The van der Waals surface area contributed by atoms with E-state index >= 15 is 0 Å². The Morgan fingerprint density at radius 3 is 2.58 bits per heavy atom. The molecule has 4 rings (SSSR count). The van der Waals surface area contributed by atoms with E-state index in [1.54, 1.807) is 22.4 Å². The van der Waals surface area contributed by atoms with Crippen LogP contribution in [0.4, 0.5) is 13.2 Å². The van der Waals surface area contributed by atoms with Gasteiger partial charge in [-0.25, -0.2) is 4.98 Å². The number of halogens is 3. The molecule has 1 aliphatic rings. The van der Waals surface area contributed by atoms with E-state index in [9.17, 15) is 18.0 Å². The third-order valence-electron chi connectivity index (χ3n) is 4.79. The predicted octanol–water partition coefficient (Wildman–Crippen LogP) is 4.88. The molecule has 0 saturated carbocycles. The summed E-state index contributed by atoms with van der Waals surface area (Å²) in [6.07, 6.45) is -4.36. The first kappa shape index (κ1) is 21.3. The molecule has 2 aromatic carbocycles. The van der Waals surface area contributed by atoms with Gasteiger partial charge in [0.05, 0.1) is 18.8 Å². The molecule has 162 valence electrons. The number of carbonyl (C=O) groups is 1. The molecule has 0 bridgehead atoms. The van der Waals surface area contributed by atoms with Crippen LogP contribution in [0, 0.1) is 0 Å². The zero-order chi connectivity index (χ0) is 21.8. The van der Waals surface area contributed by atoms with E-state index in [0.717, 1.165) is 17.7 Å². The second kappa shape index (κ2) is 9.07. The Hall–Kier alpha value is -2.91. The van der Waals surface area contributed by atoms with Crippen LogP contribution in [0.3, 0.4) is 0 Å². The highest BCUT2D eigenvalue weighted by atomic mass is 32.1. The molecule has 1 aromatic heterocycles. The van der Waals surface area contributed by atoms with E-state index in [-0.39, 0.29) is 12.5 Å². The van der Waals surface area contributed by atoms with Crippen LogP contribution < -0.4 is 4.74 Å². The van der Waals surface area contributed by atoms with E-state index in [0.29, 0.717) is 48.3 Å². The highest BCUT2D eigenvalue weighted by molar-refractivity contribution is 7.13. The number of morpholine rings is 1. The van der Waals surface area contributed by atoms with Crippen molar-refractivity contribution in [2.24, 2.45) is 0 Å². The fraction of sp³-hybridized carbons (Fsp3) is 0.273. The Kier molecular flexibility index (Phi) is 6.24. The number of hydrogen-bond donors (Lipinski definition) is 0. The van der Waals surface area contributed by atoms with Gasteiger partial charge in [0, 0.05) is 24.0 Å². The van der Waals surface area contributed by atoms with Gasteiger partial charge in [0.2, 0.25) is 0 Å². The van der Waals surface area contributed by atoms with Crippen LogP contribution in [0.2, 0.25) is 0 Å². The lowest BCUT2D eigenvalue weighted by Gasteiger charge is -2.25. The molecule has 0 aliphatic carbocycles. The molecule has 0 N–H and O–H groups in total. The molecular weight excluding hydrogens is 429 g/mol. The van der Waals surface area contributed by atoms with Gasteiger partial charge >= 0.3 is 6.18 Å². The van der Waals surface area contributed by atoms with Crippen molar-refractivity contribution in [1.82, 2.24) is 9.88 Å². The monoisotopic (exact) mass is 448 g/mol. The lowest BCUT2D eigenvalue weighted by Crippen LogP contribution is -2.40. The van der Waals surface area contributed by atoms with Crippen molar-refractivity contribution in [2.45, 2.75) is 12.8 Å². The van der Waals surface area contributed by atoms with Gasteiger partial charge in [-0.15, -0.1) is 11.3 Å². The molecule has 1 amide bonds. The summed E-state index contributed by atoms with van der Waals surface area (Å²) in [6, 6.07) is 12.1. The first-order chi connectivity index (χ1) is 14.9. The third-order valence-corrected chi connectivity index (χ3v) is 5.68. The molecule has 0 spiro atoms. The van der Waals surface area contributed by atoms with Crippen molar-refractivity contribution in [3.05, 3.63) is 70.7 Å². The number of ether oxygens (including phenoxy) is 2. The molecule has 1 aliphatic heterocycles. The SMILES string of the molecule is O=C(c1csc(-c2cccc(OCc3ccc(C(F)(F)F)cc3)c2)n1)N1CCOCC1. The van der Waals surface area contributed by atoms with E-state index in [4.69, 9.17) is 9.47 Å². The normalized spacial score (nSPS) is 14.5. The zero-order valence-corrected chi connectivity index (χ0v) is 17.2. The maximum Gasteiger partial charge on any atom is 0.416 e. The minimum Gasteiger partial charge on any atom is -0.489 e. The number of aromatic nitrogens is 1. The second-order valence-corrected chi connectivity index (χ2v) is 7.81. The van der Waals surface area contributed by atoms with Gasteiger partial charge in [-0.3, -0.25) is 4.79 Å². The average molecular weight is 448 g/mol. The summed E-state index contributed by atoms with van der Waals surface area (Å²) in [5.41, 5.74) is 1.14. The van der Waals surface area contributed by atoms with Gasteiger partial charge < -0.3 is 14.4 Å². The van der Waals surface area contributed by atoms with Crippen LogP contribution in [-0.4, -0.2) is 42.1 Å². The number of nitrogens with zero attached hydrogens (tertiary/aromatic N) is 2. The number of amides is 1. The molecule has 3 aromatic rings. The van der Waals surface area contributed by atoms with Gasteiger partial charge in [0.15, 0.2) is 0 Å². The topological polar surface area (TPSA) is 51.7 Å². The molecule has 31 heavy (non-hydrogen) atoms. The van der Waals surface area contributed by atoms with Crippen molar-refractivity contribution >= 4 is 17.2 Å². The number of hydrogen-bond acceptors (Lipinski definition) is 5. The lowest BCUT2D eigenvalue weighted by atomic mass is 10.1. The fourth-order valence-corrected chi connectivity index (χ4v) is 3.90. The van der Waals surface area contributed by atoms with Gasteiger partial charge in [-0.2, -0.15) is 13.2 Å². The summed E-state index contributed by atoms with van der Waals surface area (Å²) in [6.45, 7) is 2.31. The van der Waals surface area contributed by atoms with Gasteiger partial charge in [0.25, 0.3) is 5.91 Å². The van der Waals surface area contributed by atoms with Crippen LogP contribution in [0.1, 0.15) is 21.6 Å². The van der Waals surface area contributed by atoms with Crippen molar-refractivity contribution in [1.29, 1.82) is 0 Å². The van der Waals surface area contributed by atoms with Crippen molar-refractivity contribution in [2.75, 3.05) is 26.3 Å². The van der Waals surface area contributed by atoms with Crippen LogP contribution in [0.15, 0.2) is 53.9 Å². The van der Waals surface area contributed by atoms with Crippen LogP contribution in [0.25, 0.3) is 10.6 Å².